The number of carboxylic acids is 1. The number of aliphatic carboxylic acids is 1. The van der Waals surface area contributed by atoms with Gasteiger partial charge in [0.25, 0.3) is 0 Å². The minimum absolute atomic E-state index is 0.0108. The number of hydrogen-bond donors (Lipinski definition) is 1. The SMILES string of the molecule is CCCCCCCCCCCCCCCCCCCCCCCCC(=O)OC(CCCCCCCCCCCC)CCCCCCCC(=O)O. The van der Waals surface area contributed by atoms with Gasteiger partial charge in [-0.1, -0.05) is 226 Å². The van der Waals surface area contributed by atoms with Crippen LogP contribution in [0.25, 0.3) is 0 Å². The van der Waals surface area contributed by atoms with Crippen molar-refractivity contribution in [1.29, 1.82) is 0 Å². The van der Waals surface area contributed by atoms with E-state index < -0.39 is 5.97 Å². The fourth-order valence-electron chi connectivity index (χ4n) is 7.42. The number of esters is 1. The lowest BCUT2D eigenvalue weighted by atomic mass is 10.0. The maximum absolute atomic E-state index is 12.7. The van der Waals surface area contributed by atoms with E-state index in [9.17, 15) is 9.59 Å². The summed E-state index contributed by atoms with van der Waals surface area (Å²) in [5, 5.41) is 8.83. The average Bonchev–Trinajstić information content (AvgIpc) is 3.10. The van der Waals surface area contributed by atoms with Crippen molar-refractivity contribution >= 4 is 11.9 Å². The van der Waals surface area contributed by atoms with Crippen molar-refractivity contribution < 1.29 is 19.4 Å². The van der Waals surface area contributed by atoms with Crippen LogP contribution >= 0.6 is 0 Å². The van der Waals surface area contributed by atoms with Gasteiger partial charge in [-0.25, -0.2) is 0 Å². The summed E-state index contributed by atoms with van der Waals surface area (Å²) in [6.07, 6.45) is 51.5. The van der Waals surface area contributed by atoms with E-state index in [1.165, 1.54) is 186 Å². The molecular weight excluding hydrogens is 617 g/mol. The molecule has 50 heavy (non-hydrogen) atoms. The third kappa shape index (κ3) is 41.4. The van der Waals surface area contributed by atoms with Gasteiger partial charge in [0, 0.05) is 12.8 Å². The number of carbonyl (C=O) groups is 2. The molecule has 4 nitrogen and oxygen atoms in total. The zero-order chi connectivity index (χ0) is 36.4. The predicted octanol–water partition coefficient (Wildman–Crippen LogP) is 16.0. The molecule has 0 amide bonds. The van der Waals surface area contributed by atoms with Crippen LogP contribution in [0.5, 0.6) is 0 Å². The van der Waals surface area contributed by atoms with Crippen LogP contribution in [0.15, 0.2) is 0 Å². The van der Waals surface area contributed by atoms with Crippen LogP contribution < -0.4 is 0 Å². The first-order chi connectivity index (χ1) is 24.6. The van der Waals surface area contributed by atoms with Gasteiger partial charge < -0.3 is 9.84 Å². The largest absolute Gasteiger partial charge is 0.481 e. The monoisotopic (exact) mass is 707 g/mol. The van der Waals surface area contributed by atoms with E-state index in [-0.39, 0.29) is 18.5 Å². The number of unbranched alkanes of at least 4 members (excludes halogenated alkanes) is 34. The Morgan fingerprint density at radius 3 is 0.880 bits per heavy atom. The van der Waals surface area contributed by atoms with E-state index in [1.807, 2.05) is 0 Å². The summed E-state index contributed by atoms with van der Waals surface area (Å²) in [4.78, 5) is 23.4. The highest BCUT2D eigenvalue weighted by Gasteiger charge is 2.14. The van der Waals surface area contributed by atoms with E-state index in [0.29, 0.717) is 6.42 Å². The standard InChI is InChI=1S/C46H90O4/c1-3-5-7-9-11-13-15-16-17-18-19-20-21-22-23-24-25-26-28-30-35-39-43-46(49)50-44(41-37-33-31-34-38-42-45(47)48)40-36-32-29-27-14-12-10-8-6-4-2/h44H,3-43H2,1-2H3,(H,47,48). The summed E-state index contributed by atoms with van der Waals surface area (Å²) in [5.41, 5.74) is 0. The first-order valence-electron chi connectivity index (χ1n) is 23.0. The number of carbonyl (C=O) groups excluding carboxylic acids is 1. The first kappa shape index (κ1) is 48.9. The number of ether oxygens (including phenoxy) is 1. The van der Waals surface area contributed by atoms with Crippen molar-refractivity contribution in [3.8, 4) is 0 Å². The lowest BCUT2D eigenvalue weighted by Gasteiger charge is -2.18. The second-order valence-corrected chi connectivity index (χ2v) is 16.0. The van der Waals surface area contributed by atoms with Crippen LogP contribution in [-0.2, 0) is 14.3 Å². The second kappa shape index (κ2) is 42.4. The molecule has 0 aromatic rings. The van der Waals surface area contributed by atoms with E-state index in [2.05, 4.69) is 13.8 Å². The first-order valence-corrected chi connectivity index (χ1v) is 23.0. The van der Waals surface area contributed by atoms with Gasteiger partial charge in [0.05, 0.1) is 0 Å². The molecule has 4 heteroatoms. The quantitative estimate of drug-likeness (QED) is 0.0506. The molecule has 0 aromatic heterocycles. The third-order valence-electron chi connectivity index (χ3n) is 10.8. The average molecular weight is 707 g/mol. The number of hydrogen-bond acceptors (Lipinski definition) is 3. The van der Waals surface area contributed by atoms with Crippen LogP contribution in [0.4, 0.5) is 0 Å². The Hall–Kier alpha value is -1.06. The van der Waals surface area contributed by atoms with Crippen molar-refractivity contribution in [3.63, 3.8) is 0 Å². The van der Waals surface area contributed by atoms with Crippen LogP contribution in [0.3, 0.4) is 0 Å². The molecule has 0 bridgehead atoms. The van der Waals surface area contributed by atoms with Gasteiger partial charge >= 0.3 is 11.9 Å². The molecule has 0 aromatic carbocycles. The summed E-state index contributed by atoms with van der Waals surface area (Å²) in [6.45, 7) is 4.57. The fraction of sp³-hybridized carbons (Fsp3) is 0.957. The second-order valence-electron chi connectivity index (χ2n) is 16.0. The minimum Gasteiger partial charge on any atom is -0.481 e. The molecule has 0 rings (SSSR count). The highest BCUT2D eigenvalue weighted by Crippen LogP contribution is 2.20. The fourth-order valence-corrected chi connectivity index (χ4v) is 7.42. The van der Waals surface area contributed by atoms with Crippen molar-refractivity contribution in [2.45, 2.75) is 283 Å². The zero-order valence-corrected chi connectivity index (χ0v) is 34.2. The molecule has 0 saturated heterocycles. The smallest absolute Gasteiger partial charge is 0.306 e. The Morgan fingerprint density at radius 1 is 0.360 bits per heavy atom. The molecule has 0 aliphatic rings. The van der Waals surface area contributed by atoms with Crippen LogP contribution in [0.1, 0.15) is 277 Å². The zero-order valence-electron chi connectivity index (χ0n) is 34.2. The lowest BCUT2D eigenvalue weighted by Crippen LogP contribution is -2.18. The van der Waals surface area contributed by atoms with Gasteiger partial charge in [0.15, 0.2) is 0 Å². The van der Waals surface area contributed by atoms with Crippen molar-refractivity contribution in [1.82, 2.24) is 0 Å². The van der Waals surface area contributed by atoms with Crippen LogP contribution in [-0.4, -0.2) is 23.1 Å². The Morgan fingerprint density at radius 2 is 0.600 bits per heavy atom. The summed E-state index contributed by atoms with van der Waals surface area (Å²) < 4.78 is 6.02. The Kier molecular flexibility index (Phi) is 41.5. The van der Waals surface area contributed by atoms with Crippen LogP contribution in [0.2, 0.25) is 0 Å². The molecule has 0 fully saturated rings. The molecular formula is C46H90O4. The van der Waals surface area contributed by atoms with Gasteiger partial charge in [-0.05, 0) is 38.5 Å². The molecule has 1 unspecified atom stereocenters. The Balaban J connectivity index is 3.79. The van der Waals surface area contributed by atoms with Gasteiger partial charge in [0.1, 0.15) is 6.10 Å². The highest BCUT2D eigenvalue weighted by molar-refractivity contribution is 5.69. The predicted molar refractivity (Wildman–Crippen MR) is 218 cm³/mol. The molecule has 0 saturated carbocycles. The molecule has 298 valence electrons. The molecule has 1 atom stereocenters. The lowest BCUT2D eigenvalue weighted by molar-refractivity contribution is -0.150. The van der Waals surface area contributed by atoms with Gasteiger partial charge in [-0.3, -0.25) is 9.59 Å². The van der Waals surface area contributed by atoms with E-state index in [0.717, 1.165) is 64.2 Å². The molecule has 0 spiro atoms. The van der Waals surface area contributed by atoms with Crippen LogP contribution in [0, 0.1) is 0 Å². The number of rotatable bonds is 43. The highest BCUT2D eigenvalue weighted by atomic mass is 16.5. The third-order valence-corrected chi connectivity index (χ3v) is 10.8. The molecule has 0 aliphatic carbocycles. The van der Waals surface area contributed by atoms with E-state index in [1.54, 1.807) is 0 Å². The summed E-state index contributed by atoms with van der Waals surface area (Å²) in [5.74, 6) is -0.684. The molecule has 0 heterocycles. The van der Waals surface area contributed by atoms with Crippen molar-refractivity contribution in [2.75, 3.05) is 0 Å². The minimum atomic E-state index is -0.695. The normalized spacial score (nSPS) is 12.0. The number of carboxylic acid groups (broad SMARTS) is 1. The Bertz CT molecular complexity index is 677. The van der Waals surface area contributed by atoms with E-state index in [4.69, 9.17) is 9.84 Å². The molecule has 0 radical (unpaired) electrons. The van der Waals surface area contributed by atoms with Crippen molar-refractivity contribution in [2.24, 2.45) is 0 Å². The maximum Gasteiger partial charge on any atom is 0.306 e. The van der Waals surface area contributed by atoms with Gasteiger partial charge in [0.2, 0.25) is 0 Å². The Labute approximate surface area is 313 Å². The topological polar surface area (TPSA) is 63.6 Å². The molecule has 0 aliphatic heterocycles. The maximum atomic E-state index is 12.7. The van der Waals surface area contributed by atoms with Crippen molar-refractivity contribution in [3.05, 3.63) is 0 Å². The summed E-state index contributed by atoms with van der Waals surface area (Å²) in [6, 6.07) is 0. The summed E-state index contributed by atoms with van der Waals surface area (Å²) in [7, 11) is 0. The van der Waals surface area contributed by atoms with E-state index >= 15 is 0 Å². The van der Waals surface area contributed by atoms with Gasteiger partial charge in [-0.15, -0.1) is 0 Å². The molecule has 1 N–H and O–H groups in total. The van der Waals surface area contributed by atoms with Gasteiger partial charge in [-0.2, -0.15) is 0 Å². The summed E-state index contributed by atoms with van der Waals surface area (Å²) >= 11 is 0.